The van der Waals surface area contributed by atoms with Gasteiger partial charge in [0.1, 0.15) is 6.04 Å². The number of hydrogen-bond donors (Lipinski definition) is 1. The molecule has 0 radical (unpaired) electrons. The topological polar surface area (TPSA) is 95.8 Å². The number of nitrogens with one attached hydrogen (secondary N) is 1. The zero-order valence-electron chi connectivity index (χ0n) is 18.8. The van der Waals surface area contributed by atoms with Gasteiger partial charge in [0.25, 0.3) is 11.6 Å². The van der Waals surface area contributed by atoms with Gasteiger partial charge in [0.05, 0.1) is 4.92 Å². The SMILES string of the molecule is Cc1cc(C(=O)N2CCCC2C(=O)NCCCN2CC(C)CC(C)C2)ccc1[N+](=O)[O-]. The fourth-order valence-corrected chi connectivity index (χ4v) is 5.05. The van der Waals surface area contributed by atoms with Gasteiger partial charge in [0, 0.05) is 43.4 Å². The van der Waals surface area contributed by atoms with Gasteiger partial charge >= 0.3 is 0 Å². The first kappa shape index (κ1) is 23.2. The molecule has 0 aliphatic carbocycles. The number of carbonyl (C=O) groups excluding carboxylic acids is 2. The third kappa shape index (κ3) is 5.81. The summed E-state index contributed by atoms with van der Waals surface area (Å²) < 4.78 is 0. The second-order valence-corrected chi connectivity index (χ2v) is 9.27. The summed E-state index contributed by atoms with van der Waals surface area (Å²) in [7, 11) is 0. The van der Waals surface area contributed by atoms with Crippen molar-refractivity contribution in [2.24, 2.45) is 11.8 Å². The fraction of sp³-hybridized carbons (Fsp3) is 0.652. The number of nitrogens with zero attached hydrogens (tertiary/aromatic N) is 3. The molecular weight excluding hydrogens is 396 g/mol. The minimum atomic E-state index is -0.474. The molecule has 0 saturated carbocycles. The van der Waals surface area contributed by atoms with Crippen molar-refractivity contribution in [1.82, 2.24) is 15.1 Å². The average Bonchev–Trinajstić information content (AvgIpc) is 3.19. The lowest BCUT2D eigenvalue weighted by molar-refractivity contribution is -0.385. The van der Waals surface area contributed by atoms with Gasteiger partial charge in [-0.25, -0.2) is 0 Å². The predicted molar refractivity (Wildman–Crippen MR) is 119 cm³/mol. The number of benzene rings is 1. The number of aryl methyl sites for hydroxylation is 1. The summed E-state index contributed by atoms with van der Waals surface area (Å²) in [6.45, 7) is 10.6. The second-order valence-electron chi connectivity index (χ2n) is 9.27. The van der Waals surface area contributed by atoms with E-state index in [2.05, 4.69) is 24.1 Å². The Kier molecular flexibility index (Phi) is 7.64. The normalized spacial score (nSPS) is 24.2. The Hall–Kier alpha value is -2.48. The number of rotatable bonds is 7. The van der Waals surface area contributed by atoms with Gasteiger partial charge in [-0.2, -0.15) is 0 Å². The van der Waals surface area contributed by atoms with Crippen LogP contribution >= 0.6 is 0 Å². The van der Waals surface area contributed by atoms with Crippen LogP contribution in [0.3, 0.4) is 0 Å². The Labute approximate surface area is 184 Å². The molecule has 2 saturated heterocycles. The number of amides is 2. The van der Waals surface area contributed by atoms with Crippen LogP contribution in [0.25, 0.3) is 0 Å². The Morgan fingerprint density at radius 2 is 1.94 bits per heavy atom. The van der Waals surface area contributed by atoms with E-state index in [9.17, 15) is 19.7 Å². The molecule has 2 heterocycles. The van der Waals surface area contributed by atoms with Crippen LogP contribution in [0.1, 0.15) is 55.5 Å². The average molecular weight is 431 g/mol. The summed E-state index contributed by atoms with van der Waals surface area (Å²) in [6, 6.07) is 3.89. The lowest BCUT2D eigenvalue weighted by Crippen LogP contribution is -2.46. The maximum atomic E-state index is 13.0. The predicted octanol–water partition coefficient (Wildman–Crippen LogP) is 2.99. The van der Waals surface area contributed by atoms with Crippen LogP contribution in [-0.2, 0) is 4.79 Å². The number of nitro benzene ring substituents is 1. The van der Waals surface area contributed by atoms with E-state index in [-0.39, 0.29) is 17.5 Å². The van der Waals surface area contributed by atoms with Crippen LogP contribution in [0.2, 0.25) is 0 Å². The van der Waals surface area contributed by atoms with Crippen molar-refractivity contribution in [1.29, 1.82) is 0 Å². The first-order valence-corrected chi connectivity index (χ1v) is 11.3. The van der Waals surface area contributed by atoms with Crippen LogP contribution < -0.4 is 5.32 Å². The summed E-state index contributed by atoms with van der Waals surface area (Å²) in [6.07, 6.45) is 3.60. The van der Waals surface area contributed by atoms with Gasteiger partial charge in [-0.1, -0.05) is 13.8 Å². The molecule has 2 aliphatic heterocycles. The van der Waals surface area contributed by atoms with Crippen molar-refractivity contribution >= 4 is 17.5 Å². The summed E-state index contributed by atoms with van der Waals surface area (Å²) in [5.74, 6) is 1.09. The van der Waals surface area contributed by atoms with Crippen molar-refractivity contribution in [3.8, 4) is 0 Å². The smallest absolute Gasteiger partial charge is 0.272 e. The summed E-state index contributed by atoms with van der Waals surface area (Å²) in [5, 5.41) is 14.0. The van der Waals surface area contributed by atoms with E-state index in [0.717, 1.165) is 44.3 Å². The minimum Gasteiger partial charge on any atom is -0.354 e. The number of likely N-dealkylation sites (tertiary alicyclic amines) is 2. The quantitative estimate of drug-likeness (QED) is 0.408. The number of hydrogen-bond acceptors (Lipinski definition) is 5. The lowest BCUT2D eigenvalue weighted by atomic mass is 9.92. The van der Waals surface area contributed by atoms with Crippen LogP contribution in [0, 0.1) is 28.9 Å². The van der Waals surface area contributed by atoms with Gasteiger partial charge in [-0.15, -0.1) is 0 Å². The van der Waals surface area contributed by atoms with Gasteiger partial charge in [-0.3, -0.25) is 19.7 Å². The van der Waals surface area contributed by atoms with Gasteiger partial charge < -0.3 is 15.1 Å². The third-order valence-corrected chi connectivity index (χ3v) is 6.35. The van der Waals surface area contributed by atoms with Crippen molar-refractivity contribution in [2.75, 3.05) is 32.7 Å². The number of nitro groups is 1. The highest BCUT2D eigenvalue weighted by molar-refractivity contribution is 5.98. The molecule has 31 heavy (non-hydrogen) atoms. The Bertz CT molecular complexity index is 818. The van der Waals surface area contributed by atoms with E-state index in [1.54, 1.807) is 11.8 Å². The second kappa shape index (κ2) is 10.2. The fourth-order valence-electron chi connectivity index (χ4n) is 5.05. The maximum absolute atomic E-state index is 13.0. The standard InChI is InChI=1S/C23H34N4O4/c1-16-12-17(2)15-25(14-16)10-5-9-24-22(28)21-6-4-11-26(21)23(29)19-7-8-20(27(30)31)18(3)13-19/h7-8,13,16-17,21H,4-6,9-12,14-15H2,1-3H3,(H,24,28). The van der Waals surface area contributed by atoms with Crippen LogP contribution in [0.15, 0.2) is 18.2 Å². The molecule has 0 spiro atoms. The molecule has 0 aromatic heterocycles. The van der Waals surface area contributed by atoms with Crippen LogP contribution in [0.4, 0.5) is 5.69 Å². The molecule has 8 heteroatoms. The molecule has 170 valence electrons. The molecule has 3 atom stereocenters. The van der Waals surface area contributed by atoms with Crippen molar-refractivity contribution in [2.45, 2.75) is 52.5 Å². The molecule has 2 fully saturated rings. The third-order valence-electron chi connectivity index (χ3n) is 6.35. The molecule has 8 nitrogen and oxygen atoms in total. The molecule has 3 rings (SSSR count). The number of carbonyl (C=O) groups is 2. The molecule has 1 aromatic rings. The number of piperidine rings is 1. The highest BCUT2D eigenvalue weighted by Crippen LogP contribution is 2.24. The molecule has 2 amide bonds. The van der Waals surface area contributed by atoms with E-state index in [1.807, 2.05) is 0 Å². The van der Waals surface area contributed by atoms with Gasteiger partial charge in [-0.05, 0) is 63.1 Å². The summed E-state index contributed by atoms with van der Waals surface area (Å²) in [5.41, 5.74) is 0.818. The highest BCUT2D eigenvalue weighted by Gasteiger charge is 2.34. The van der Waals surface area contributed by atoms with Crippen LogP contribution in [-0.4, -0.2) is 65.3 Å². The molecular formula is C23H34N4O4. The Morgan fingerprint density at radius 3 is 2.58 bits per heavy atom. The van der Waals surface area contributed by atoms with Crippen molar-refractivity contribution in [3.63, 3.8) is 0 Å². The van der Waals surface area contributed by atoms with Crippen molar-refractivity contribution < 1.29 is 14.5 Å². The van der Waals surface area contributed by atoms with Gasteiger partial charge in [0.15, 0.2) is 0 Å². The molecule has 3 unspecified atom stereocenters. The lowest BCUT2D eigenvalue weighted by Gasteiger charge is -2.35. The maximum Gasteiger partial charge on any atom is 0.272 e. The largest absolute Gasteiger partial charge is 0.354 e. The first-order valence-electron chi connectivity index (χ1n) is 11.3. The molecule has 1 N–H and O–H groups in total. The minimum absolute atomic E-state index is 0.00948. The first-order chi connectivity index (χ1) is 14.8. The zero-order valence-corrected chi connectivity index (χ0v) is 18.8. The van der Waals surface area contributed by atoms with E-state index >= 15 is 0 Å². The van der Waals surface area contributed by atoms with E-state index in [4.69, 9.17) is 0 Å². The zero-order chi connectivity index (χ0) is 22.5. The molecule has 2 aliphatic rings. The highest BCUT2D eigenvalue weighted by atomic mass is 16.6. The summed E-state index contributed by atoms with van der Waals surface area (Å²) >= 11 is 0. The molecule has 0 bridgehead atoms. The van der Waals surface area contributed by atoms with Crippen molar-refractivity contribution in [3.05, 3.63) is 39.4 Å². The monoisotopic (exact) mass is 430 g/mol. The van der Waals surface area contributed by atoms with Crippen LogP contribution in [0.5, 0.6) is 0 Å². The Morgan fingerprint density at radius 1 is 1.23 bits per heavy atom. The Balaban J connectivity index is 1.51. The molecule has 1 aromatic carbocycles. The van der Waals surface area contributed by atoms with Gasteiger partial charge in [0.2, 0.25) is 5.91 Å². The van der Waals surface area contributed by atoms with E-state index in [0.29, 0.717) is 30.6 Å². The van der Waals surface area contributed by atoms with E-state index < -0.39 is 11.0 Å². The summed E-state index contributed by atoms with van der Waals surface area (Å²) in [4.78, 5) is 40.3. The van der Waals surface area contributed by atoms with E-state index in [1.165, 1.54) is 24.6 Å².